The largest absolute Gasteiger partial charge is 0.383 e. The molecule has 0 bridgehead atoms. The monoisotopic (exact) mass is 362 g/mol. The molecule has 0 spiro atoms. The summed E-state index contributed by atoms with van der Waals surface area (Å²) in [6.45, 7) is 1.96. The van der Waals surface area contributed by atoms with E-state index in [4.69, 9.17) is 4.74 Å². The molecule has 1 aliphatic rings. The lowest BCUT2D eigenvalue weighted by atomic mass is 9.86. The van der Waals surface area contributed by atoms with E-state index in [1.807, 2.05) is 34.7 Å². The zero-order chi connectivity index (χ0) is 17.7. The Morgan fingerprint density at radius 1 is 1.36 bits per heavy atom. The third-order valence-corrected chi connectivity index (χ3v) is 5.42. The molecule has 2 aromatic rings. The van der Waals surface area contributed by atoms with Crippen LogP contribution >= 0.6 is 11.3 Å². The molecule has 25 heavy (non-hydrogen) atoms. The van der Waals surface area contributed by atoms with Crippen molar-refractivity contribution in [1.29, 1.82) is 0 Å². The van der Waals surface area contributed by atoms with Crippen LogP contribution in [0.2, 0.25) is 0 Å². The second kappa shape index (κ2) is 7.79. The molecule has 0 unspecified atom stereocenters. The Hall–Kier alpha value is -2.19. The van der Waals surface area contributed by atoms with E-state index >= 15 is 0 Å². The maximum absolute atomic E-state index is 12.9. The SMILES string of the molecule is COCCNC(=O)C1(n2cccn2)CCN(C(=O)c2cccs2)CC1. The van der Waals surface area contributed by atoms with Crippen LogP contribution in [-0.4, -0.2) is 59.8 Å². The van der Waals surface area contributed by atoms with Crippen molar-refractivity contribution in [3.8, 4) is 0 Å². The minimum atomic E-state index is -0.760. The second-order valence-corrected chi connectivity index (χ2v) is 6.95. The molecule has 2 aromatic heterocycles. The van der Waals surface area contributed by atoms with E-state index in [0.717, 1.165) is 4.88 Å². The maximum atomic E-state index is 12.9. The van der Waals surface area contributed by atoms with Crippen molar-refractivity contribution < 1.29 is 14.3 Å². The smallest absolute Gasteiger partial charge is 0.263 e. The van der Waals surface area contributed by atoms with E-state index in [1.165, 1.54) is 11.3 Å². The molecular formula is C17H22N4O3S. The number of piperidine rings is 1. The normalized spacial score (nSPS) is 16.6. The fourth-order valence-corrected chi connectivity index (χ4v) is 3.84. The van der Waals surface area contributed by atoms with Crippen molar-refractivity contribution in [2.45, 2.75) is 18.4 Å². The Balaban J connectivity index is 1.73. The van der Waals surface area contributed by atoms with E-state index < -0.39 is 5.54 Å². The number of methoxy groups -OCH3 is 1. The van der Waals surface area contributed by atoms with Crippen LogP contribution in [0.4, 0.5) is 0 Å². The van der Waals surface area contributed by atoms with Crippen LogP contribution in [0.5, 0.6) is 0 Å². The molecule has 3 heterocycles. The van der Waals surface area contributed by atoms with Gasteiger partial charge in [0.25, 0.3) is 5.91 Å². The molecule has 0 aliphatic carbocycles. The Labute approximate surface area is 150 Å². The third-order valence-electron chi connectivity index (χ3n) is 4.57. The quantitative estimate of drug-likeness (QED) is 0.787. The number of hydrogen-bond acceptors (Lipinski definition) is 5. The number of ether oxygens (including phenoxy) is 1. The number of nitrogens with one attached hydrogen (secondary N) is 1. The minimum Gasteiger partial charge on any atom is -0.383 e. The van der Waals surface area contributed by atoms with Gasteiger partial charge in [-0.25, -0.2) is 0 Å². The van der Waals surface area contributed by atoms with E-state index in [9.17, 15) is 9.59 Å². The lowest BCUT2D eigenvalue weighted by molar-refractivity contribution is -0.133. The molecule has 0 radical (unpaired) electrons. The third kappa shape index (κ3) is 3.59. The summed E-state index contributed by atoms with van der Waals surface area (Å²) in [6.07, 6.45) is 4.55. The Morgan fingerprint density at radius 3 is 2.76 bits per heavy atom. The highest BCUT2D eigenvalue weighted by Gasteiger charge is 2.44. The summed E-state index contributed by atoms with van der Waals surface area (Å²) in [5, 5.41) is 9.13. The van der Waals surface area contributed by atoms with Crippen molar-refractivity contribution in [1.82, 2.24) is 20.0 Å². The van der Waals surface area contributed by atoms with Crippen molar-refractivity contribution >= 4 is 23.2 Å². The van der Waals surface area contributed by atoms with Gasteiger partial charge in [0.2, 0.25) is 5.91 Å². The Kier molecular flexibility index (Phi) is 5.50. The number of rotatable bonds is 6. The van der Waals surface area contributed by atoms with Gasteiger partial charge in [-0.3, -0.25) is 14.3 Å². The predicted octanol–water partition coefficient (Wildman–Crippen LogP) is 1.34. The lowest BCUT2D eigenvalue weighted by Crippen LogP contribution is -2.56. The lowest BCUT2D eigenvalue weighted by Gasteiger charge is -2.40. The predicted molar refractivity (Wildman–Crippen MR) is 94.5 cm³/mol. The molecule has 0 atom stereocenters. The summed E-state index contributed by atoms with van der Waals surface area (Å²) in [5.41, 5.74) is -0.760. The van der Waals surface area contributed by atoms with Gasteiger partial charge >= 0.3 is 0 Å². The second-order valence-electron chi connectivity index (χ2n) is 6.00. The van der Waals surface area contributed by atoms with Crippen molar-refractivity contribution in [3.63, 3.8) is 0 Å². The summed E-state index contributed by atoms with van der Waals surface area (Å²) in [4.78, 5) is 28.0. The summed E-state index contributed by atoms with van der Waals surface area (Å²) < 4.78 is 6.73. The number of likely N-dealkylation sites (tertiary alicyclic amines) is 1. The Bertz CT molecular complexity index is 692. The van der Waals surface area contributed by atoms with Gasteiger partial charge in [0.05, 0.1) is 11.5 Å². The van der Waals surface area contributed by atoms with Gasteiger partial charge in [-0.05, 0) is 30.4 Å². The highest BCUT2D eigenvalue weighted by Crippen LogP contribution is 2.31. The van der Waals surface area contributed by atoms with Crippen LogP contribution in [0.15, 0.2) is 36.0 Å². The van der Waals surface area contributed by atoms with Crippen LogP contribution in [0.25, 0.3) is 0 Å². The van der Waals surface area contributed by atoms with Gasteiger partial charge in [0.15, 0.2) is 0 Å². The van der Waals surface area contributed by atoms with Gasteiger partial charge in [0, 0.05) is 39.1 Å². The van der Waals surface area contributed by atoms with Gasteiger partial charge < -0.3 is 15.0 Å². The van der Waals surface area contributed by atoms with Gasteiger partial charge in [-0.1, -0.05) is 6.07 Å². The van der Waals surface area contributed by atoms with Crippen LogP contribution in [-0.2, 0) is 15.1 Å². The topological polar surface area (TPSA) is 76.5 Å². The number of carbonyl (C=O) groups excluding carboxylic acids is 2. The summed E-state index contributed by atoms with van der Waals surface area (Å²) >= 11 is 1.44. The van der Waals surface area contributed by atoms with Crippen LogP contribution in [0.1, 0.15) is 22.5 Å². The van der Waals surface area contributed by atoms with Crippen LogP contribution in [0.3, 0.4) is 0 Å². The molecule has 1 N–H and O–H groups in total. The molecule has 2 amide bonds. The highest BCUT2D eigenvalue weighted by atomic mass is 32.1. The zero-order valence-electron chi connectivity index (χ0n) is 14.2. The first-order valence-corrected chi connectivity index (χ1v) is 9.15. The maximum Gasteiger partial charge on any atom is 0.263 e. The number of thiophene rings is 1. The van der Waals surface area contributed by atoms with E-state index in [0.29, 0.717) is 39.1 Å². The van der Waals surface area contributed by atoms with E-state index in [1.54, 1.807) is 18.0 Å². The standard InChI is InChI=1S/C17H22N4O3S/c1-24-12-8-18-16(23)17(21-9-3-7-19-21)5-10-20(11-6-17)15(22)14-4-2-13-25-14/h2-4,7,9,13H,5-6,8,10-12H2,1H3,(H,18,23). The average Bonchev–Trinajstić information content (AvgIpc) is 3.35. The molecule has 134 valence electrons. The molecule has 1 fully saturated rings. The van der Waals surface area contributed by atoms with Crippen molar-refractivity contribution in [2.75, 3.05) is 33.4 Å². The molecule has 0 saturated carbocycles. The average molecular weight is 362 g/mol. The first-order chi connectivity index (χ1) is 12.2. The first-order valence-electron chi connectivity index (χ1n) is 8.27. The number of hydrogen-bond donors (Lipinski definition) is 1. The fraction of sp³-hybridized carbons (Fsp3) is 0.471. The molecule has 7 nitrogen and oxygen atoms in total. The summed E-state index contributed by atoms with van der Waals surface area (Å²) in [7, 11) is 1.60. The van der Waals surface area contributed by atoms with Crippen LogP contribution < -0.4 is 5.32 Å². The molecule has 1 aliphatic heterocycles. The fourth-order valence-electron chi connectivity index (χ4n) is 3.15. The van der Waals surface area contributed by atoms with Gasteiger partial charge in [-0.15, -0.1) is 11.3 Å². The Morgan fingerprint density at radius 2 is 2.16 bits per heavy atom. The number of nitrogens with zero attached hydrogens (tertiary/aromatic N) is 3. The van der Waals surface area contributed by atoms with Gasteiger partial charge in [-0.2, -0.15) is 5.10 Å². The van der Waals surface area contributed by atoms with E-state index in [-0.39, 0.29) is 11.8 Å². The summed E-state index contributed by atoms with van der Waals surface area (Å²) in [5.74, 6) is -0.0414. The minimum absolute atomic E-state index is 0.0313. The van der Waals surface area contributed by atoms with Crippen molar-refractivity contribution in [2.24, 2.45) is 0 Å². The van der Waals surface area contributed by atoms with Crippen LogP contribution in [0, 0.1) is 0 Å². The first kappa shape index (κ1) is 17.6. The molecule has 0 aromatic carbocycles. The van der Waals surface area contributed by atoms with Crippen molar-refractivity contribution in [3.05, 3.63) is 40.8 Å². The number of aromatic nitrogens is 2. The molecule has 1 saturated heterocycles. The molecular weight excluding hydrogens is 340 g/mol. The summed E-state index contributed by atoms with van der Waals surface area (Å²) in [6, 6.07) is 5.52. The molecule has 8 heteroatoms. The number of amides is 2. The number of carbonyl (C=O) groups is 2. The zero-order valence-corrected chi connectivity index (χ0v) is 15.0. The molecule has 3 rings (SSSR count). The highest BCUT2D eigenvalue weighted by molar-refractivity contribution is 7.12. The van der Waals surface area contributed by atoms with E-state index in [2.05, 4.69) is 10.4 Å². The van der Waals surface area contributed by atoms with Gasteiger partial charge in [0.1, 0.15) is 5.54 Å².